The summed E-state index contributed by atoms with van der Waals surface area (Å²) >= 11 is 0. The van der Waals surface area contributed by atoms with Crippen molar-refractivity contribution in [2.45, 2.75) is 51.0 Å². The number of nitriles is 1. The molecule has 16 heavy (non-hydrogen) atoms. The maximum atomic E-state index is 9.09. The Morgan fingerprint density at radius 2 is 2.00 bits per heavy atom. The fourth-order valence-electron chi connectivity index (χ4n) is 2.36. The van der Waals surface area contributed by atoms with E-state index in [1.807, 2.05) is 0 Å². The molecular weight excluding hydrogens is 202 g/mol. The number of hydrogen-bond donors (Lipinski definition) is 1. The lowest BCUT2D eigenvalue weighted by Gasteiger charge is -2.36. The minimum absolute atomic E-state index is 0.0231. The van der Waals surface area contributed by atoms with Gasteiger partial charge < -0.3 is 4.74 Å². The topological polar surface area (TPSA) is 48.3 Å². The number of morpholine rings is 1. The fraction of sp³-hybridized carbons (Fsp3) is 0.917. The third-order valence-corrected chi connectivity index (χ3v) is 3.11. The van der Waals surface area contributed by atoms with E-state index >= 15 is 0 Å². The molecule has 1 N–H and O–H groups in total. The van der Waals surface area contributed by atoms with Crippen LogP contribution in [0, 0.1) is 11.3 Å². The molecule has 90 valence electrons. The number of ether oxygens (including phenoxy) is 1. The lowest BCUT2D eigenvalue weighted by Crippen LogP contribution is -2.50. The van der Waals surface area contributed by atoms with Crippen LogP contribution >= 0.6 is 0 Å². The van der Waals surface area contributed by atoms with Crippen LogP contribution < -0.4 is 5.32 Å². The molecule has 1 aliphatic carbocycles. The van der Waals surface area contributed by atoms with Crippen molar-refractivity contribution < 1.29 is 4.74 Å². The highest BCUT2D eigenvalue weighted by molar-refractivity contribution is 4.98. The number of nitrogens with one attached hydrogen (secondary N) is 1. The first-order chi connectivity index (χ1) is 7.67. The number of nitrogens with zero attached hydrogens (tertiary/aromatic N) is 2. The highest BCUT2D eigenvalue weighted by Crippen LogP contribution is 2.19. The molecule has 0 aromatic carbocycles. The lowest BCUT2D eigenvalue weighted by molar-refractivity contribution is -0.0687. The van der Waals surface area contributed by atoms with Crippen LogP contribution in [0.3, 0.4) is 0 Å². The minimum Gasteiger partial charge on any atom is -0.373 e. The molecule has 0 bridgehead atoms. The standard InChI is InChI=1S/C12H21N3O/c1-9-6-15(7-10(2)16-9)8-12(5-13)14-11-3-4-11/h9-12,14H,3-4,6-8H2,1-2H3. The van der Waals surface area contributed by atoms with E-state index in [1.54, 1.807) is 0 Å². The zero-order valence-electron chi connectivity index (χ0n) is 10.1. The Morgan fingerprint density at radius 1 is 1.38 bits per heavy atom. The Labute approximate surface area is 97.6 Å². The van der Waals surface area contributed by atoms with Gasteiger partial charge in [-0.25, -0.2) is 0 Å². The molecule has 0 radical (unpaired) electrons. The maximum absolute atomic E-state index is 9.09. The van der Waals surface area contributed by atoms with Crippen LogP contribution in [-0.2, 0) is 4.74 Å². The second-order valence-electron chi connectivity index (χ2n) is 5.10. The lowest BCUT2D eigenvalue weighted by atomic mass is 10.2. The van der Waals surface area contributed by atoms with Crippen LogP contribution in [0.5, 0.6) is 0 Å². The van der Waals surface area contributed by atoms with Crippen molar-refractivity contribution in [2.75, 3.05) is 19.6 Å². The largest absolute Gasteiger partial charge is 0.373 e. The second kappa shape index (κ2) is 5.13. The predicted molar refractivity (Wildman–Crippen MR) is 62.0 cm³/mol. The van der Waals surface area contributed by atoms with E-state index in [0.29, 0.717) is 6.04 Å². The van der Waals surface area contributed by atoms with Crippen LogP contribution in [0.15, 0.2) is 0 Å². The van der Waals surface area contributed by atoms with Crippen molar-refractivity contribution in [1.29, 1.82) is 5.26 Å². The first-order valence-electron chi connectivity index (χ1n) is 6.21. The summed E-state index contributed by atoms with van der Waals surface area (Å²) in [6.45, 7) is 6.89. The van der Waals surface area contributed by atoms with Gasteiger partial charge in [-0.1, -0.05) is 0 Å². The Balaban J connectivity index is 1.79. The summed E-state index contributed by atoms with van der Waals surface area (Å²) in [4.78, 5) is 2.34. The van der Waals surface area contributed by atoms with Crippen molar-refractivity contribution in [3.63, 3.8) is 0 Å². The third-order valence-electron chi connectivity index (χ3n) is 3.11. The summed E-state index contributed by atoms with van der Waals surface area (Å²) in [6.07, 6.45) is 3.02. The molecule has 0 spiro atoms. The van der Waals surface area contributed by atoms with E-state index < -0.39 is 0 Å². The average Bonchev–Trinajstić information content (AvgIpc) is 2.99. The SMILES string of the molecule is CC1CN(CC(C#N)NC2CC2)CC(C)O1. The van der Waals surface area contributed by atoms with Gasteiger partial charge in [0.2, 0.25) is 0 Å². The van der Waals surface area contributed by atoms with E-state index in [9.17, 15) is 0 Å². The molecule has 1 heterocycles. The molecule has 4 heteroatoms. The van der Waals surface area contributed by atoms with E-state index in [0.717, 1.165) is 19.6 Å². The monoisotopic (exact) mass is 223 g/mol. The molecule has 1 saturated carbocycles. The maximum Gasteiger partial charge on any atom is 0.108 e. The average molecular weight is 223 g/mol. The second-order valence-corrected chi connectivity index (χ2v) is 5.10. The van der Waals surface area contributed by atoms with Gasteiger partial charge in [-0.15, -0.1) is 0 Å². The van der Waals surface area contributed by atoms with Crippen molar-refractivity contribution >= 4 is 0 Å². The highest BCUT2D eigenvalue weighted by atomic mass is 16.5. The molecule has 2 fully saturated rings. The Morgan fingerprint density at radius 3 is 2.50 bits per heavy atom. The smallest absolute Gasteiger partial charge is 0.108 e. The molecule has 3 atom stereocenters. The van der Waals surface area contributed by atoms with Gasteiger partial charge in [0.15, 0.2) is 0 Å². The van der Waals surface area contributed by atoms with E-state index in [2.05, 4.69) is 30.1 Å². The van der Waals surface area contributed by atoms with Crippen LogP contribution in [0.2, 0.25) is 0 Å². The molecule has 0 aromatic rings. The van der Waals surface area contributed by atoms with Crippen molar-refractivity contribution in [3.8, 4) is 6.07 Å². The summed E-state index contributed by atoms with van der Waals surface area (Å²) < 4.78 is 5.68. The zero-order valence-corrected chi connectivity index (χ0v) is 10.1. The number of rotatable bonds is 4. The van der Waals surface area contributed by atoms with Gasteiger partial charge in [0, 0.05) is 25.7 Å². The van der Waals surface area contributed by atoms with Crippen LogP contribution in [0.1, 0.15) is 26.7 Å². The fourth-order valence-corrected chi connectivity index (χ4v) is 2.36. The van der Waals surface area contributed by atoms with Gasteiger partial charge in [0.1, 0.15) is 6.04 Å². The minimum atomic E-state index is -0.0231. The normalized spacial score (nSPS) is 33.3. The van der Waals surface area contributed by atoms with Crippen LogP contribution in [0.4, 0.5) is 0 Å². The zero-order chi connectivity index (χ0) is 11.5. The van der Waals surface area contributed by atoms with Gasteiger partial charge in [-0.3, -0.25) is 10.2 Å². The first-order valence-corrected chi connectivity index (χ1v) is 6.21. The summed E-state index contributed by atoms with van der Waals surface area (Å²) in [5.41, 5.74) is 0. The highest BCUT2D eigenvalue weighted by Gasteiger charge is 2.28. The van der Waals surface area contributed by atoms with Gasteiger partial charge in [-0.2, -0.15) is 5.26 Å². The summed E-state index contributed by atoms with van der Waals surface area (Å²) in [5, 5.41) is 12.5. The first kappa shape index (κ1) is 11.8. The van der Waals surface area contributed by atoms with E-state index in [1.165, 1.54) is 12.8 Å². The summed E-state index contributed by atoms with van der Waals surface area (Å²) in [5.74, 6) is 0. The van der Waals surface area contributed by atoms with Crippen molar-refractivity contribution in [3.05, 3.63) is 0 Å². The van der Waals surface area contributed by atoms with Gasteiger partial charge in [0.05, 0.1) is 18.3 Å². The molecule has 2 aliphatic rings. The van der Waals surface area contributed by atoms with Crippen molar-refractivity contribution in [2.24, 2.45) is 0 Å². The van der Waals surface area contributed by atoms with Crippen LogP contribution in [0.25, 0.3) is 0 Å². The molecule has 1 aliphatic heterocycles. The van der Waals surface area contributed by atoms with Gasteiger partial charge in [-0.05, 0) is 26.7 Å². The molecule has 4 nitrogen and oxygen atoms in total. The van der Waals surface area contributed by atoms with E-state index in [-0.39, 0.29) is 18.2 Å². The van der Waals surface area contributed by atoms with Gasteiger partial charge >= 0.3 is 0 Å². The molecule has 3 unspecified atom stereocenters. The Bertz CT molecular complexity index is 262. The van der Waals surface area contributed by atoms with E-state index in [4.69, 9.17) is 10.00 Å². The molecular formula is C12H21N3O. The van der Waals surface area contributed by atoms with Gasteiger partial charge in [0.25, 0.3) is 0 Å². The molecule has 2 rings (SSSR count). The molecule has 0 amide bonds. The quantitative estimate of drug-likeness (QED) is 0.763. The number of hydrogen-bond acceptors (Lipinski definition) is 4. The Hall–Kier alpha value is -0.630. The Kier molecular flexibility index (Phi) is 3.80. The predicted octanol–water partition coefficient (Wildman–Crippen LogP) is 0.740. The molecule has 1 saturated heterocycles. The molecule has 0 aromatic heterocycles. The third kappa shape index (κ3) is 3.44. The summed E-state index contributed by atoms with van der Waals surface area (Å²) in [6, 6.07) is 2.93. The van der Waals surface area contributed by atoms with Crippen molar-refractivity contribution in [1.82, 2.24) is 10.2 Å². The van der Waals surface area contributed by atoms with Crippen LogP contribution in [-0.4, -0.2) is 48.8 Å². The summed E-state index contributed by atoms with van der Waals surface area (Å²) in [7, 11) is 0.